The van der Waals surface area contributed by atoms with Crippen LogP contribution >= 0.6 is 0 Å². The van der Waals surface area contributed by atoms with Crippen LogP contribution in [0.4, 0.5) is 17.1 Å². The van der Waals surface area contributed by atoms with E-state index in [-0.39, 0.29) is 18.4 Å². The van der Waals surface area contributed by atoms with Crippen molar-refractivity contribution in [2.45, 2.75) is 6.92 Å². The van der Waals surface area contributed by atoms with E-state index in [4.69, 9.17) is 0 Å². The Morgan fingerprint density at radius 2 is 1.52 bits per heavy atom. The molecule has 0 saturated carbocycles. The molecule has 2 aromatic carbocycles. The topological polar surface area (TPSA) is 70.2 Å². The maximum atomic E-state index is 11.8. The third kappa shape index (κ3) is 4.99. The van der Waals surface area contributed by atoms with Gasteiger partial charge in [0.2, 0.25) is 11.8 Å². The Balaban J connectivity index is 1.88. The van der Waals surface area contributed by atoms with Gasteiger partial charge in [0, 0.05) is 24.0 Å². The SMILES string of the molecule is CC(=O)Nc1cccc(NCC(=O)Nc2ccccc2)c1. The van der Waals surface area contributed by atoms with Gasteiger partial charge in [-0.2, -0.15) is 0 Å². The first-order chi connectivity index (χ1) is 10.1. The molecule has 0 spiro atoms. The molecule has 108 valence electrons. The van der Waals surface area contributed by atoms with Gasteiger partial charge in [-0.05, 0) is 30.3 Å². The summed E-state index contributed by atoms with van der Waals surface area (Å²) in [5.74, 6) is -0.264. The van der Waals surface area contributed by atoms with Gasteiger partial charge in [-0.1, -0.05) is 24.3 Å². The predicted octanol–water partition coefficient (Wildman–Crippen LogP) is 2.70. The lowest BCUT2D eigenvalue weighted by molar-refractivity contribution is -0.115. The first-order valence-electron chi connectivity index (χ1n) is 6.60. The molecular weight excluding hydrogens is 266 g/mol. The Bertz CT molecular complexity index is 626. The van der Waals surface area contributed by atoms with Crippen LogP contribution in [0.15, 0.2) is 54.6 Å². The molecule has 0 aliphatic carbocycles. The Morgan fingerprint density at radius 3 is 2.24 bits per heavy atom. The molecule has 0 fully saturated rings. The van der Waals surface area contributed by atoms with Crippen molar-refractivity contribution in [3.05, 3.63) is 54.6 Å². The van der Waals surface area contributed by atoms with E-state index in [0.29, 0.717) is 5.69 Å². The zero-order chi connectivity index (χ0) is 15.1. The summed E-state index contributed by atoms with van der Waals surface area (Å²) < 4.78 is 0. The molecule has 0 aromatic heterocycles. The molecular formula is C16H17N3O2. The number of amides is 2. The molecule has 0 bridgehead atoms. The average molecular weight is 283 g/mol. The Hall–Kier alpha value is -2.82. The quantitative estimate of drug-likeness (QED) is 0.790. The van der Waals surface area contributed by atoms with Crippen LogP contribution in [-0.4, -0.2) is 18.4 Å². The summed E-state index contributed by atoms with van der Waals surface area (Å²) >= 11 is 0. The van der Waals surface area contributed by atoms with E-state index < -0.39 is 0 Å². The van der Waals surface area contributed by atoms with E-state index in [9.17, 15) is 9.59 Å². The molecule has 2 amide bonds. The van der Waals surface area contributed by atoms with Crippen molar-refractivity contribution in [1.82, 2.24) is 0 Å². The minimum absolute atomic E-state index is 0.131. The highest BCUT2D eigenvalue weighted by atomic mass is 16.2. The first kappa shape index (κ1) is 14.6. The number of hydrogen-bond acceptors (Lipinski definition) is 3. The fourth-order valence-electron chi connectivity index (χ4n) is 1.82. The maximum Gasteiger partial charge on any atom is 0.243 e. The number of rotatable bonds is 5. The second-order valence-electron chi connectivity index (χ2n) is 4.53. The second-order valence-corrected chi connectivity index (χ2v) is 4.53. The van der Waals surface area contributed by atoms with Crippen LogP contribution in [0.2, 0.25) is 0 Å². The monoisotopic (exact) mass is 283 g/mol. The molecule has 5 heteroatoms. The van der Waals surface area contributed by atoms with Crippen molar-refractivity contribution in [2.24, 2.45) is 0 Å². The lowest BCUT2D eigenvalue weighted by Gasteiger charge is -2.09. The van der Waals surface area contributed by atoms with Gasteiger partial charge >= 0.3 is 0 Å². The maximum absolute atomic E-state index is 11.8. The molecule has 3 N–H and O–H groups in total. The van der Waals surface area contributed by atoms with Crippen molar-refractivity contribution in [2.75, 3.05) is 22.5 Å². The number of carbonyl (C=O) groups excluding carboxylic acids is 2. The number of carbonyl (C=O) groups is 2. The van der Waals surface area contributed by atoms with Crippen molar-refractivity contribution in [1.29, 1.82) is 0 Å². The van der Waals surface area contributed by atoms with Gasteiger partial charge in [0.15, 0.2) is 0 Å². The largest absolute Gasteiger partial charge is 0.376 e. The van der Waals surface area contributed by atoms with Gasteiger partial charge < -0.3 is 16.0 Å². The third-order valence-electron chi connectivity index (χ3n) is 2.69. The summed E-state index contributed by atoms with van der Waals surface area (Å²) in [7, 11) is 0. The lowest BCUT2D eigenvalue weighted by Crippen LogP contribution is -2.21. The van der Waals surface area contributed by atoms with Crippen LogP contribution in [0.25, 0.3) is 0 Å². The summed E-state index contributed by atoms with van der Waals surface area (Å²) in [6.45, 7) is 1.60. The number of para-hydroxylation sites is 1. The normalized spacial score (nSPS) is 9.76. The zero-order valence-electron chi connectivity index (χ0n) is 11.7. The van der Waals surface area contributed by atoms with E-state index >= 15 is 0 Å². The highest BCUT2D eigenvalue weighted by Gasteiger charge is 2.02. The van der Waals surface area contributed by atoms with Crippen molar-refractivity contribution in [3.63, 3.8) is 0 Å². The smallest absolute Gasteiger partial charge is 0.243 e. The van der Waals surface area contributed by atoms with E-state index in [2.05, 4.69) is 16.0 Å². The van der Waals surface area contributed by atoms with E-state index in [1.54, 1.807) is 12.1 Å². The highest BCUT2D eigenvalue weighted by molar-refractivity contribution is 5.94. The van der Waals surface area contributed by atoms with Crippen LogP contribution < -0.4 is 16.0 Å². The van der Waals surface area contributed by atoms with Crippen LogP contribution in [0.5, 0.6) is 0 Å². The van der Waals surface area contributed by atoms with Gasteiger partial charge in [0.05, 0.1) is 6.54 Å². The second kappa shape index (κ2) is 7.09. The summed E-state index contributed by atoms with van der Waals surface area (Å²) in [5.41, 5.74) is 2.22. The number of nitrogens with one attached hydrogen (secondary N) is 3. The molecule has 0 aliphatic heterocycles. The van der Waals surface area contributed by atoms with Crippen molar-refractivity contribution < 1.29 is 9.59 Å². The number of hydrogen-bond donors (Lipinski definition) is 3. The fraction of sp³-hybridized carbons (Fsp3) is 0.125. The lowest BCUT2D eigenvalue weighted by atomic mass is 10.2. The predicted molar refractivity (Wildman–Crippen MR) is 84.3 cm³/mol. The van der Waals surface area contributed by atoms with Crippen LogP contribution in [0.3, 0.4) is 0 Å². The molecule has 0 aliphatic rings. The summed E-state index contributed by atoms with van der Waals surface area (Å²) in [4.78, 5) is 22.8. The van der Waals surface area contributed by atoms with Crippen molar-refractivity contribution in [3.8, 4) is 0 Å². The first-order valence-corrected chi connectivity index (χ1v) is 6.60. The van der Waals surface area contributed by atoms with Crippen LogP contribution in [-0.2, 0) is 9.59 Å². The molecule has 2 aromatic rings. The molecule has 5 nitrogen and oxygen atoms in total. The molecule has 0 saturated heterocycles. The minimum atomic E-state index is -0.133. The van der Waals surface area contributed by atoms with Crippen LogP contribution in [0.1, 0.15) is 6.92 Å². The fourth-order valence-corrected chi connectivity index (χ4v) is 1.82. The number of anilines is 3. The van der Waals surface area contributed by atoms with Gasteiger partial charge in [0.1, 0.15) is 0 Å². The average Bonchev–Trinajstić information content (AvgIpc) is 2.46. The summed E-state index contributed by atoms with van der Waals surface area (Å²) in [6, 6.07) is 16.5. The third-order valence-corrected chi connectivity index (χ3v) is 2.69. The van der Waals surface area contributed by atoms with E-state index in [1.165, 1.54) is 6.92 Å². The highest BCUT2D eigenvalue weighted by Crippen LogP contribution is 2.14. The van der Waals surface area contributed by atoms with Crippen LogP contribution in [0, 0.1) is 0 Å². The molecule has 0 radical (unpaired) electrons. The van der Waals surface area contributed by atoms with Gasteiger partial charge in [-0.3, -0.25) is 9.59 Å². The molecule has 0 atom stereocenters. The van der Waals surface area contributed by atoms with Gasteiger partial charge in [-0.15, -0.1) is 0 Å². The zero-order valence-corrected chi connectivity index (χ0v) is 11.7. The van der Waals surface area contributed by atoms with E-state index in [1.807, 2.05) is 42.5 Å². The molecule has 21 heavy (non-hydrogen) atoms. The van der Waals surface area contributed by atoms with E-state index in [0.717, 1.165) is 11.4 Å². The summed E-state index contributed by atoms with van der Waals surface area (Å²) in [5, 5.41) is 8.50. The van der Waals surface area contributed by atoms with Gasteiger partial charge in [-0.25, -0.2) is 0 Å². The molecule has 0 heterocycles. The number of benzene rings is 2. The Kier molecular flexibility index (Phi) is 4.93. The minimum Gasteiger partial charge on any atom is -0.376 e. The molecule has 2 rings (SSSR count). The standard InChI is InChI=1S/C16H17N3O2/c1-12(20)18-15-9-5-8-14(10-15)17-11-16(21)19-13-6-3-2-4-7-13/h2-10,17H,11H2,1H3,(H,18,20)(H,19,21). The van der Waals surface area contributed by atoms with Gasteiger partial charge in [0.25, 0.3) is 0 Å². The van der Waals surface area contributed by atoms with Crippen molar-refractivity contribution >= 4 is 28.9 Å². The summed E-state index contributed by atoms with van der Waals surface area (Å²) in [6.07, 6.45) is 0. The Labute approximate surface area is 123 Å². The molecule has 0 unspecified atom stereocenters. The Morgan fingerprint density at radius 1 is 0.857 bits per heavy atom.